The van der Waals surface area contributed by atoms with Crippen molar-refractivity contribution in [3.05, 3.63) is 23.2 Å². The van der Waals surface area contributed by atoms with Gasteiger partial charge in [0.05, 0.1) is 6.42 Å². The lowest BCUT2D eigenvalue weighted by atomic mass is 10.4. The number of imidazole rings is 1. The highest BCUT2D eigenvalue weighted by Crippen LogP contribution is 2.15. The minimum absolute atomic E-state index is 0.127. The Labute approximate surface area is 103 Å². The van der Waals surface area contributed by atoms with Gasteiger partial charge < -0.3 is 9.88 Å². The summed E-state index contributed by atoms with van der Waals surface area (Å²) < 4.78 is 1.82. The van der Waals surface area contributed by atoms with E-state index in [-0.39, 0.29) is 12.3 Å². The van der Waals surface area contributed by atoms with E-state index < -0.39 is 0 Å². The van der Waals surface area contributed by atoms with E-state index in [1.54, 1.807) is 6.20 Å². The highest BCUT2D eigenvalue weighted by atomic mass is 32.1. The number of amides is 1. The molecule has 2 rings (SSSR count). The van der Waals surface area contributed by atoms with Crippen molar-refractivity contribution in [1.29, 1.82) is 0 Å². The van der Waals surface area contributed by atoms with Gasteiger partial charge in [-0.1, -0.05) is 18.3 Å². The Morgan fingerprint density at radius 2 is 2.35 bits per heavy atom. The Morgan fingerprint density at radius 1 is 1.53 bits per heavy atom. The molecule has 1 amide bonds. The summed E-state index contributed by atoms with van der Waals surface area (Å²) in [7, 11) is 1.86. The molecule has 2 aromatic heterocycles. The predicted octanol–water partition coefficient (Wildman–Crippen LogP) is 1.02. The Hall–Kier alpha value is -1.76. The molecular weight excluding hydrogens is 238 g/mol. The Balaban J connectivity index is 1.95. The zero-order valence-corrected chi connectivity index (χ0v) is 10.5. The summed E-state index contributed by atoms with van der Waals surface area (Å²) in [5.74, 6) is 0.598. The minimum atomic E-state index is -0.127. The summed E-state index contributed by atoms with van der Waals surface area (Å²) >= 11 is 1.40. The van der Waals surface area contributed by atoms with Gasteiger partial charge >= 0.3 is 0 Å². The quantitative estimate of drug-likeness (QED) is 0.880. The SMILES string of the molecule is CCc1nnc(NC(=O)Cc2nccn2C)s1. The van der Waals surface area contributed by atoms with Crippen LogP contribution in [-0.4, -0.2) is 25.7 Å². The molecule has 0 radical (unpaired) electrons. The first-order valence-electron chi connectivity index (χ1n) is 5.27. The van der Waals surface area contributed by atoms with Crippen molar-refractivity contribution in [1.82, 2.24) is 19.7 Å². The Morgan fingerprint density at radius 3 is 2.94 bits per heavy atom. The summed E-state index contributed by atoms with van der Waals surface area (Å²) in [6, 6.07) is 0. The molecule has 0 bridgehead atoms. The third-order valence-electron chi connectivity index (χ3n) is 2.26. The van der Waals surface area contributed by atoms with Gasteiger partial charge in [-0.05, 0) is 6.42 Å². The number of hydrogen-bond donors (Lipinski definition) is 1. The van der Waals surface area contributed by atoms with E-state index in [1.807, 2.05) is 24.7 Å². The zero-order chi connectivity index (χ0) is 12.3. The average molecular weight is 251 g/mol. The third kappa shape index (κ3) is 2.88. The second-order valence-corrected chi connectivity index (χ2v) is 4.60. The van der Waals surface area contributed by atoms with E-state index >= 15 is 0 Å². The number of aromatic nitrogens is 4. The van der Waals surface area contributed by atoms with Crippen LogP contribution in [0.15, 0.2) is 12.4 Å². The van der Waals surface area contributed by atoms with Gasteiger partial charge in [0, 0.05) is 19.4 Å². The summed E-state index contributed by atoms with van der Waals surface area (Å²) in [6.07, 6.45) is 4.54. The van der Waals surface area contributed by atoms with Crippen molar-refractivity contribution in [2.24, 2.45) is 7.05 Å². The number of aryl methyl sites for hydroxylation is 2. The van der Waals surface area contributed by atoms with Crippen LogP contribution in [0.25, 0.3) is 0 Å². The number of nitrogens with zero attached hydrogens (tertiary/aromatic N) is 4. The molecule has 0 aromatic carbocycles. The molecule has 0 unspecified atom stereocenters. The first-order valence-corrected chi connectivity index (χ1v) is 6.09. The van der Waals surface area contributed by atoms with E-state index in [4.69, 9.17) is 0 Å². The van der Waals surface area contributed by atoms with Gasteiger partial charge in [-0.2, -0.15) is 0 Å². The molecule has 6 nitrogen and oxygen atoms in total. The van der Waals surface area contributed by atoms with Crippen LogP contribution in [0.3, 0.4) is 0 Å². The molecule has 0 aliphatic carbocycles. The van der Waals surface area contributed by atoms with Gasteiger partial charge in [-0.15, -0.1) is 10.2 Å². The number of rotatable bonds is 4. The second kappa shape index (κ2) is 5.05. The lowest BCUT2D eigenvalue weighted by Crippen LogP contribution is -2.16. The first-order chi connectivity index (χ1) is 8.19. The largest absolute Gasteiger partial charge is 0.338 e. The van der Waals surface area contributed by atoms with Crippen LogP contribution in [0.4, 0.5) is 5.13 Å². The molecular formula is C10H13N5OS. The van der Waals surface area contributed by atoms with Crippen molar-refractivity contribution in [2.45, 2.75) is 19.8 Å². The standard InChI is InChI=1S/C10H13N5OS/c1-3-9-13-14-10(17-9)12-8(16)6-7-11-4-5-15(7)2/h4-5H,3,6H2,1-2H3,(H,12,14,16). The maximum absolute atomic E-state index is 11.7. The summed E-state index contributed by atoms with van der Waals surface area (Å²) in [4.78, 5) is 15.8. The van der Waals surface area contributed by atoms with E-state index in [0.29, 0.717) is 5.13 Å². The van der Waals surface area contributed by atoms with Gasteiger partial charge in [-0.25, -0.2) is 4.98 Å². The van der Waals surface area contributed by atoms with Gasteiger partial charge in [0.1, 0.15) is 10.8 Å². The fourth-order valence-corrected chi connectivity index (χ4v) is 2.02. The molecule has 0 aliphatic heterocycles. The fraction of sp³-hybridized carbons (Fsp3) is 0.400. The number of anilines is 1. The number of nitrogens with one attached hydrogen (secondary N) is 1. The van der Waals surface area contributed by atoms with Crippen LogP contribution in [0.5, 0.6) is 0 Å². The van der Waals surface area contributed by atoms with Crippen molar-refractivity contribution < 1.29 is 4.79 Å². The first kappa shape index (κ1) is 11.7. The topological polar surface area (TPSA) is 72.7 Å². The van der Waals surface area contributed by atoms with Crippen LogP contribution in [0, 0.1) is 0 Å². The molecule has 7 heteroatoms. The Kier molecular flexibility index (Phi) is 3.48. The summed E-state index contributed by atoms with van der Waals surface area (Å²) in [5.41, 5.74) is 0. The zero-order valence-electron chi connectivity index (χ0n) is 9.67. The van der Waals surface area contributed by atoms with Gasteiger partial charge in [0.15, 0.2) is 0 Å². The monoisotopic (exact) mass is 251 g/mol. The van der Waals surface area contributed by atoms with Crippen molar-refractivity contribution in [3.8, 4) is 0 Å². The molecule has 0 aliphatic rings. The predicted molar refractivity (Wildman–Crippen MR) is 64.8 cm³/mol. The molecule has 0 fully saturated rings. The summed E-state index contributed by atoms with van der Waals surface area (Å²) in [5, 5.41) is 12.0. The molecule has 2 heterocycles. The van der Waals surface area contributed by atoms with E-state index in [9.17, 15) is 4.79 Å². The number of hydrogen-bond acceptors (Lipinski definition) is 5. The third-order valence-corrected chi connectivity index (χ3v) is 3.24. The minimum Gasteiger partial charge on any atom is -0.338 e. The second-order valence-electron chi connectivity index (χ2n) is 3.53. The van der Waals surface area contributed by atoms with Crippen LogP contribution in [0.1, 0.15) is 17.8 Å². The molecule has 0 spiro atoms. The van der Waals surface area contributed by atoms with Gasteiger partial charge in [0.2, 0.25) is 11.0 Å². The molecule has 17 heavy (non-hydrogen) atoms. The maximum atomic E-state index is 11.7. The van der Waals surface area contributed by atoms with Crippen molar-refractivity contribution in [3.63, 3.8) is 0 Å². The highest BCUT2D eigenvalue weighted by molar-refractivity contribution is 7.15. The van der Waals surface area contributed by atoms with Crippen molar-refractivity contribution >= 4 is 22.4 Å². The van der Waals surface area contributed by atoms with Crippen LogP contribution < -0.4 is 5.32 Å². The van der Waals surface area contributed by atoms with Crippen LogP contribution in [-0.2, 0) is 24.7 Å². The van der Waals surface area contributed by atoms with Gasteiger partial charge in [0.25, 0.3) is 0 Å². The maximum Gasteiger partial charge on any atom is 0.233 e. The number of carbonyl (C=O) groups excluding carboxylic acids is 1. The van der Waals surface area contributed by atoms with E-state index in [0.717, 1.165) is 17.3 Å². The average Bonchev–Trinajstić information content (AvgIpc) is 2.89. The molecule has 1 N–H and O–H groups in total. The van der Waals surface area contributed by atoms with Crippen molar-refractivity contribution in [2.75, 3.05) is 5.32 Å². The lowest BCUT2D eigenvalue weighted by molar-refractivity contribution is -0.115. The normalized spacial score (nSPS) is 10.5. The highest BCUT2D eigenvalue weighted by Gasteiger charge is 2.10. The molecule has 2 aromatic rings. The molecule has 0 atom stereocenters. The van der Waals surface area contributed by atoms with Gasteiger partial charge in [-0.3, -0.25) is 4.79 Å². The Bertz CT molecular complexity index is 518. The molecule has 90 valence electrons. The van der Waals surface area contributed by atoms with Crippen LogP contribution >= 0.6 is 11.3 Å². The smallest absolute Gasteiger partial charge is 0.233 e. The molecule has 0 saturated heterocycles. The number of carbonyl (C=O) groups is 1. The molecule has 0 saturated carbocycles. The lowest BCUT2D eigenvalue weighted by Gasteiger charge is -2.01. The van der Waals surface area contributed by atoms with Crippen LogP contribution in [0.2, 0.25) is 0 Å². The fourth-order valence-electron chi connectivity index (χ4n) is 1.32. The van der Waals surface area contributed by atoms with E-state index in [2.05, 4.69) is 20.5 Å². The summed E-state index contributed by atoms with van der Waals surface area (Å²) in [6.45, 7) is 2.00. The van der Waals surface area contributed by atoms with E-state index in [1.165, 1.54) is 11.3 Å².